The van der Waals surface area contributed by atoms with E-state index in [1.807, 2.05) is 6.07 Å². The molecule has 0 aliphatic heterocycles. The van der Waals surface area contributed by atoms with Crippen molar-refractivity contribution in [3.63, 3.8) is 0 Å². The molecular formula is C27H20Cl2N4O5S. The van der Waals surface area contributed by atoms with Gasteiger partial charge in [0.05, 0.1) is 26.2 Å². The van der Waals surface area contributed by atoms with E-state index in [1.165, 1.54) is 41.9 Å². The first-order valence-corrected chi connectivity index (χ1v) is 13.5. The zero-order valence-electron chi connectivity index (χ0n) is 19.9. The number of pyridine rings is 1. The van der Waals surface area contributed by atoms with Gasteiger partial charge in [0.2, 0.25) is 0 Å². The van der Waals surface area contributed by atoms with Gasteiger partial charge in [-0.1, -0.05) is 41.4 Å². The van der Waals surface area contributed by atoms with E-state index in [0.717, 1.165) is 6.08 Å². The van der Waals surface area contributed by atoms with Gasteiger partial charge < -0.3 is 5.32 Å². The number of hydroxylamine groups is 1. The molecule has 0 fully saturated rings. The fourth-order valence-electron chi connectivity index (χ4n) is 3.45. The van der Waals surface area contributed by atoms with Crippen LogP contribution in [0.2, 0.25) is 10.0 Å². The number of halogens is 2. The van der Waals surface area contributed by atoms with Gasteiger partial charge in [-0.15, -0.1) is 0 Å². The number of nitrogens with one attached hydrogen (secondary N) is 3. The maximum absolute atomic E-state index is 12.9. The maximum Gasteiger partial charge on any atom is 0.267 e. The number of amides is 2. The van der Waals surface area contributed by atoms with E-state index < -0.39 is 21.8 Å². The molecule has 0 spiro atoms. The zero-order chi connectivity index (χ0) is 28.0. The first kappa shape index (κ1) is 27.8. The van der Waals surface area contributed by atoms with Crippen molar-refractivity contribution in [1.29, 1.82) is 0 Å². The molecule has 9 nitrogen and oxygen atoms in total. The number of hydrogen-bond donors (Lipinski definition) is 4. The first-order valence-electron chi connectivity index (χ1n) is 11.2. The number of aromatic nitrogens is 1. The lowest BCUT2D eigenvalue weighted by molar-refractivity contribution is -0.124. The van der Waals surface area contributed by atoms with Gasteiger partial charge in [0.25, 0.3) is 21.8 Å². The SMILES string of the molecule is O=C(/C=C/c1ccc(NS(=O)(=O)c2ccc(C(=O)Nc3ccc(Cl)c(-c4ccccn4)c3)c(Cl)c2)cc1)NO. The molecule has 0 bridgehead atoms. The summed E-state index contributed by atoms with van der Waals surface area (Å²) in [7, 11) is -4.02. The van der Waals surface area contributed by atoms with Gasteiger partial charge in [0, 0.05) is 29.2 Å². The topological polar surface area (TPSA) is 137 Å². The molecule has 3 aromatic carbocycles. The Kier molecular flexibility index (Phi) is 8.62. The standard InChI is InChI=1S/C27H20Cl2N4O5S/c28-23-12-9-19(15-22(23)25-3-1-2-14-30-25)31-27(35)21-11-10-20(16-24(21)29)39(37,38)33-18-7-4-17(5-8-18)6-13-26(34)32-36/h1-16,33,36H,(H,31,35)(H,32,34)/b13-6+. The van der Waals surface area contributed by atoms with Gasteiger partial charge >= 0.3 is 0 Å². The van der Waals surface area contributed by atoms with E-state index in [9.17, 15) is 18.0 Å². The lowest BCUT2D eigenvalue weighted by atomic mass is 10.1. The summed E-state index contributed by atoms with van der Waals surface area (Å²) < 4.78 is 28.2. The summed E-state index contributed by atoms with van der Waals surface area (Å²) in [5.74, 6) is -1.24. The van der Waals surface area contributed by atoms with Gasteiger partial charge in [-0.3, -0.25) is 24.5 Å². The highest BCUT2D eigenvalue weighted by Crippen LogP contribution is 2.30. The Morgan fingerprint density at radius 1 is 0.872 bits per heavy atom. The fraction of sp³-hybridized carbons (Fsp3) is 0. The molecule has 12 heteroatoms. The predicted molar refractivity (Wildman–Crippen MR) is 150 cm³/mol. The van der Waals surface area contributed by atoms with Crippen molar-refractivity contribution in [3.8, 4) is 11.3 Å². The highest BCUT2D eigenvalue weighted by Gasteiger charge is 2.19. The van der Waals surface area contributed by atoms with Crippen molar-refractivity contribution in [2.45, 2.75) is 4.90 Å². The molecule has 1 aromatic heterocycles. The van der Waals surface area contributed by atoms with Gasteiger partial charge in [-0.25, -0.2) is 13.9 Å². The van der Waals surface area contributed by atoms with Crippen molar-refractivity contribution < 1.29 is 23.2 Å². The summed E-state index contributed by atoms with van der Waals surface area (Å²) in [6.07, 6.45) is 4.19. The average Bonchev–Trinajstić information content (AvgIpc) is 2.93. The Morgan fingerprint density at radius 2 is 1.62 bits per heavy atom. The highest BCUT2D eigenvalue weighted by atomic mass is 35.5. The number of rotatable bonds is 8. The molecule has 0 aliphatic rings. The minimum atomic E-state index is -4.02. The van der Waals surface area contributed by atoms with E-state index in [4.69, 9.17) is 28.4 Å². The first-order chi connectivity index (χ1) is 18.7. The molecule has 2 amide bonds. The summed E-state index contributed by atoms with van der Waals surface area (Å²) in [6.45, 7) is 0. The number of hydrogen-bond acceptors (Lipinski definition) is 6. The van der Waals surface area contributed by atoms with Crippen LogP contribution in [0, 0.1) is 0 Å². The Bertz CT molecular complexity index is 1660. The van der Waals surface area contributed by atoms with Crippen LogP contribution in [0.4, 0.5) is 11.4 Å². The van der Waals surface area contributed by atoms with Crippen molar-refractivity contribution in [2.75, 3.05) is 10.0 Å². The maximum atomic E-state index is 12.9. The van der Waals surface area contributed by atoms with E-state index in [0.29, 0.717) is 27.5 Å². The van der Waals surface area contributed by atoms with Crippen LogP contribution in [0.5, 0.6) is 0 Å². The summed E-state index contributed by atoms with van der Waals surface area (Å²) in [5, 5.41) is 11.7. The molecule has 0 unspecified atom stereocenters. The molecule has 0 radical (unpaired) electrons. The predicted octanol–water partition coefficient (Wildman–Crippen LogP) is 5.63. The molecular weight excluding hydrogens is 563 g/mol. The molecule has 198 valence electrons. The summed E-state index contributed by atoms with van der Waals surface area (Å²) in [6, 6.07) is 20.3. The fourth-order valence-corrected chi connectivity index (χ4v) is 5.08. The second kappa shape index (κ2) is 12.1. The van der Waals surface area contributed by atoms with Gasteiger partial charge in [0.1, 0.15) is 0 Å². The second-order valence-corrected chi connectivity index (χ2v) is 10.5. The normalized spacial score (nSPS) is 11.3. The monoisotopic (exact) mass is 582 g/mol. The largest absolute Gasteiger partial charge is 0.322 e. The summed E-state index contributed by atoms with van der Waals surface area (Å²) in [5.41, 5.74) is 4.15. The van der Waals surface area contributed by atoms with Crippen molar-refractivity contribution >= 4 is 62.5 Å². The summed E-state index contributed by atoms with van der Waals surface area (Å²) >= 11 is 12.6. The number of sulfonamides is 1. The third-order valence-corrected chi connectivity index (χ3v) is 7.38. The highest BCUT2D eigenvalue weighted by molar-refractivity contribution is 7.92. The van der Waals surface area contributed by atoms with E-state index in [-0.39, 0.29) is 21.2 Å². The molecule has 0 saturated carbocycles. The van der Waals surface area contributed by atoms with E-state index >= 15 is 0 Å². The quantitative estimate of drug-likeness (QED) is 0.121. The number of nitrogens with zero attached hydrogens (tertiary/aromatic N) is 1. The van der Waals surface area contributed by atoms with E-state index in [2.05, 4.69) is 15.0 Å². The van der Waals surface area contributed by atoms with Crippen LogP contribution in [0.3, 0.4) is 0 Å². The molecule has 4 aromatic rings. The Hall–Kier alpha value is -4.22. The Balaban J connectivity index is 1.48. The minimum Gasteiger partial charge on any atom is -0.322 e. The van der Waals surface area contributed by atoms with Gasteiger partial charge in [-0.05, 0) is 72.3 Å². The Morgan fingerprint density at radius 3 is 2.28 bits per heavy atom. The van der Waals surface area contributed by atoms with Crippen LogP contribution in [-0.2, 0) is 14.8 Å². The van der Waals surface area contributed by atoms with Crippen LogP contribution in [0.1, 0.15) is 15.9 Å². The average molecular weight is 583 g/mol. The molecule has 39 heavy (non-hydrogen) atoms. The third-order valence-electron chi connectivity index (χ3n) is 5.36. The molecule has 0 atom stereocenters. The van der Waals surface area contributed by atoms with Crippen molar-refractivity contribution in [1.82, 2.24) is 10.5 Å². The van der Waals surface area contributed by atoms with Gasteiger partial charge in [-0.2, -0.15) is 0 Å². The molecule has 0 saturated heterocycles. The van der Waals surface area contributed by atoms with E-state index in [1.54, 1.807) is 48.7 Å². The minimum absolute atomic E-state index is 0.0584. The zero-order valence-corrected chi connectivity index (χ0v) is 22.3. The molecule has 1 heterocycles. The van der Waals surface area contributed by atoms with Crippen LogP contribution >= 0.6 is 23.2 Å². The summed E-state index contributed by atoms with van der Waals surface area (Å²) in [4.78, 5) is 28.1. The lowest BCUT2D eigenvalue weighted by Gasteiger charge is -2.12. The van der Waals surface area contributed by atoms with Crippen LogP contribution in [-0.4, -0.2) is 30.4 Å². The third kappa shape index (κ3) is 7.01. The number of anilines is 2. The molecule has 0 aliphatic carbocycles. The Labute approximate surface area is 234 Å². The van der Waals surface area contributed by atoms with Crippen molar-refractivity contribution in [3.05, 3.63) is 112 Å². The van der Waals surface area contributed by atoms with Crippen LogP contribution in [0.15, 0.2) is 96.0 Å². The van der Waals surface area contributed by atoms with Crippen LogP contribution in [0.25, 0.3) is 17.3 Å². The number of benzene rings is 3. The number of carbonyl (C=O) groups excluding carboxylic acids is 2. The number of carbonyl (C=O) groups is 2. The van der Waals surface area contributed by atoms with Gasteiger partial charge in [0.15, 0.2) is 0 Å². The molecule has 4 N–H and O–H groups in total. The molecule has 4 rings (SSSR count). The van der Waals surface area contributed by atoms with Crippen molar-refractivity contribution in [2.24, 2.45) is 0 Å². The van der Waals surface area contributed by atoms with Crippen LogP contribution < -0.4 is 15.5 Å². The lowest BCUT2D eigenvalue weighted by Crippen LogP contribution is -2.15. The smallest absolute Gasteiger partial charge is 0.267 e. The second-order valence-electron chi connectivity index (χ2n) is 8.04.